The van der Waals surface area contributed by atoms with Crippen LogP contribution in [-0.2, 0) is 6.54 Å². The van der Waals surface area contributed by atoms with Crippen LogP contribution >= 0.6 is 0 Å². The number of hydrogen-bond donors (Lipinski definition) is 2. The Kier molecular flexibility index (Phi) is 3.00. The number of hydrogen-bond acceptors (Lipinski definition) is 3. The molecule has 0 aliphatic carbocycles. The molecule has 0 bridgehead atoms. The van der Waals surface area contributed by atoms with Crippen LogP contribution in [0.3, 0.4) is 0 Å². The highest BCUT2D eigenvalue weighted by molar-refractivity contribution is 5.54. The zero-order valence-corrected chi connectivity index (χ0v) is 8.65. The lowest BCUT2D eigenvalue weighted by Crippen LogP contribution is -2.02. The number of rotatable bonds is 3. The minimum Gasteiger partial charge on any atom is -0.399 e. The third-order valence-electron chi connectivity index (χ3n) is 2.12. The van der Waals surface area contributed by atoms with Gasteiger partial charge in [0.25, 0.3) is 0 Å². The van der Waals surface area contributed by atoms with Crippen LogP contribution in [0.25, 0.3) is 0 Å². The molecule has 2 aromatic rings. The van der Waals surface area contributed by atoms with Crippen LogP contribution in [0.15, 0.2) is 42.6 Å². The van der Waals surface area contributed by atoms with E-state index >= 15 is 0 Å². The van der Waals surface area contributed by atoms with E-state index in [0.717, 1.165) is 5.69 Å². The lowest BCUT2D eigenvalue weighted by molar-refractivity contribution is 0.629. The molecule has 3 N–H and O–H groups in total. The van der Waals surface area contributed by atoms with Crippen LogP contribution in [0, 0.1) is 5.82 Å². The summed E-state index contributed by atoms with van der Waals surface area (Å²) in [6.45, 7) is 0.545. The summed E-state index contributed by atoms with van der Waals surface area (Å²) >= 11 is 0. The summed E-state index contributed by atoms with van der Waals surface area (Å²) in [5.41, 5.74) is 7.49. The van der Waals surface area contributed by atoms with Gasteiger partial charge in [0.05, 0.1) is 12.2 Å². The SMILES string of the molecule is Nc1cc(F)cc(NCc2ccccn2)c1. The van der Waals surface area contributed by atoms with Crippen LogP contribution in [0.1, 0.15) is 5.69 Å². The minimum absolute atomic E-state index is 0.344. The van der Waals surface area contributed by atoms with Gasteiger partial charge >= 0.3 is 0 Å². The van der Waals surface area contributed by atoms with E-state index in [0.29, 0.717) is 17.9 Å². The molecule has 3 nitrogen and oxygen atoms in total. The summed E-state index contributed by atoms with van der Waals surface area (Å²) in [7, 11) is 0. The van der Waals surface area contributed by atoms with Gasteiger partial charge in [0.1, 0.15) is 5.82 Å². The van der Waals surface area contributed by atoms with Gasteiger partial charge in [-0.05, 0) is 30.3 Å². The van der Waals surface area contributed by atoms with Crippen LogP contribution in [0.5, 0.6) is 0 Å². The van der Waals surface area contributed by atoms with E-state index in [1.165, 1.54) is 12.1 Å². The van der Waals surface area contributed by atoms with Gasteiger partial charge in [0, 0.05) is 17.6 Å². The van der Waals surface area contributed by atoms with Crippen molar-refractivity contribution in [3.05, 3.63) is 54.1 Å². The van der Waals surface area contributed by atoms with Crippen molar-refractivity contribution >= 4 is 11.4 Å². The summed E-state index contributed by atoms with van der Waals surface area (Å²) in [6, 6.07) is 10.0. The van der Waals surface area contributed by atoms with E-state index in [9.17, 15) is 4.39 Å². The fourth-order valence-corrected chi connectivity index (χ4v) is 1.41. The molecular weight excluding hydrogens is 205 g/mol. The second-order valence-electron chi connectivity index (χ2n) is 3.45. The molecule has 0 unspecified atom stereocenters. The van der Waals surface area contributed by atoms with E-state index in [2.05, 4.69) is 10.3 Å². The Morgan fingerprint density at radius 3 is 2.81 bits per heavy atom. The zero-order valence-electron chi connectivity index (χ0n) is 8.65. The quantitative estimate of drug-likeness (QED) is 0.776. The molecule has 0 aliphatic rings. The van der Waals surface area contributed by atoms with E-state index in [4.69, 9.17) is 5.73 Å². The fourth-order valence-electron chi connectivity index (χ4n) is 1.41. The second-order valence-corrected chi connectivity index (χ2v) is 3.45. The lowest BCUT2D eigenvalue weighted by Gasteiger charge is -2.06. The maximum atomic E-state index is 13.0. The number of anilines is 2. The van der Waals surface area contributed by atoms with E-state index in [1.54, 1.807) is 12.3 Å². The molecular formula is C12H12FN3. The highest BCUT2D eigenvalue weighted by Crippen LogP contribution is 2.15. The number of nitrogens with two attached hydrogens (primary N) is 1. The van der Waals surface area contributed by atoms with Crippen molar-refractivity contribution in [3.8, 4) is 0 Å². The summed E-state index contributed by atoms with van der Waals surface area (Å²) in [5.74, 6) is -0.344. The van der Waals surface area contributed by atoms with Crippen LogP contribution in [0.4, 0.5) is 15.8 Å². The highest BCUT2D eigenvalue weighted by atomic mass is 19.1. The van der Waals surface area contributed by atoms with Crippen LogP contribution in [0.2, 0.25) is 0 Å². The van der Waals surface area contributed by atoms with Crippen molar-refractivity contribution in [2.45, 2.75) is 6.54 Å². The molecule has 0 fully saturated rings. The number of aromatic nitrogens is 1. The van der Waals surface area contributed by atoms with Crippen LogP contribution < -0.4 is 11.1 Å². The fraction of sp³-hybridized carbons (Fsp3) is 0.0833. The Hall–Kier alpha value is -2.10. The Balaban J connectivity index is 2.05. The average molecular weight is 217 g/mol. The van der Waals surface area contributed by atoms with E-state index in [-0.39, 0.29) is 5.82 Å². The van der Waals surface area contributed by atoms with Crippen molar-refractivity contribution in [3.63, 3.8) is 0 Å². The summed E-state index contributed by atoms with van der Waals surface area (Å²) < 4.78 is 13.0. The van der Waals surface area contributed by atoms with Gasteiger partial charge < -0.3 is 11.1 Å². The summed E-state index contributed by atoms with van der Waals surface area (Å²) in [6.07, 6.45) is 1.72. The van der Waals surface area contributed by atoms with Crippen molar-refractivity contribution in [2.75, 3.05) is 11.1 Å². The lowest BCUT2D eigenvalue weighted by atomic mass is 10.2. The molecule has 0 radical (unpaired) electrons. The molecule has 82 valence electrons. The molecule has 1 aromatic carbocycles. The van der Waals surface area contributed by atoms with Crippen molar-refractivity contribution in [2.24, 2.45) is 0 Å². The van der Waals surface area contributed by atoms with Gasteiger partial charge in [-0.1, -0.05) is 6.07 Å². The predicted molar refractivity (Wildman–Crippen MR) is 62.4 cm³/mol. The van der Waals surface area contributed by atoms with Gasteiger partial charge in [-0.25, -0.2) is 4.39 Å². The number of halogens is 1. The number of nitrogen functional groups attached to an aromatic ring is 1. The number of nitrogens with one attached hydrogen (secondary N) is 1. The van der Waals surface area contributed by atoms with Gasteiger partial charge in [0.15, 0.2) is 0 Å². The van der Waals surface area contributed by atoms with Gasteiger partial charge in [-0.15, -0.1) is 0 Å². The van der Waals surface area contributed by atoms with Crippen molar-refractivity contribution < 1.29 is 4.39 Å². The predicted octanol–water partition coefficient (Wildman–Crippen LogP) is 2.42. The molecule has 0 saturated heterocycles. The molecule has 0 atom stereocenters. The normalized spacial score (nSPS) is 10.1. The standard InChI is InChI=1S/C12H12FN3/c13-9-5-10(14)7-12(6-9)16-8-11-3-1-2-4-15-11/h1-7,16H,8,14H2. The maximum absolute atomic E-state index is 13.0. The molecule has 16 heavy (non-hydrogen) atoms. The Morgan fingerprint density at radius 1 is 1.25 bits per heavy atom. The van der Waals surface area contributed by atoms with Crippen molar-refractivity contribution in [1.29, 1.82) is 0 Å². The first-order valence-corrected chi connectivity index (χ1v) is 4.94. The Morgan fingerprint density at radius 2 is 2.12 bits per heavy atom. The number of benzene rings is 1. The Labute approximate surface area is 93.1 Å². The molecule has 2 rings (SSSR count). The second kappa shape index (κ2) is 4.61. The van der Waals surface area contributed by atoms with Crippen molar-refractivity contribution in [1.82, 2.24) is 4.98 Å². The van der Waals surface area contributed by atoms with Gasteiger partial charge in [-0.3, -0.25) is 4.98 Å². The molecule has 0 amide bonds. The maximum Gasteiger partial charge on any atom is 0.127 e. The van der Waals surface area contributed by atoms with Crippen LogP contribution in [-0.4, -0.2) is 4.98 Å². The molecule has 0 spiro atoms. The third kappa shape index (κ3) is 2.70. The summed E-state index contributed by atoms with van der Waals surface area (Å²) in [4.78, 5) is 4.15. The summed E-state index contributed by atoms with van der Waals surface area (Å²) in [5, 5.41) is 3.06. The topological polar surface area (TPSA) is 50.9 Å². The van der Waals surface area contributed by atoms with E-state index < -0.39 is 0 Å². The number of pyridine rings is 1. The first-order valence-electron chi connectivity index (χ1n) is 4.94. The number of nitrogens with zero attached hydrogens (tertiary/aromatic N) is 1. The molecule has 1 aromatic heterocycles. The minimum atomic E-state index is -0.344. The largest absolute Gasteiger partial charge is 0.399 e. The monoisotopic (exact) mass is 217 g/mol. The van der Waals surface area contributed by atoms with Gasteiger partial charge in [0.2, 0.25) is 0 Å². The average Bonchev–Trinajstić information content (AvgIpc) is 2.27. The first-order chi connectivity index (χ1) is 7.74. The third-order valence-corrected chi connectivity index (χ3v) is 2.12. The molecule has 4 heteroatoms. The first kappa shape index (κ1) is 10.4. The highest BCUT2D eigenvalue weighted by Gasteiger charge is 1.98. The molecule has 1 heterocycles. The smallest absolute Gasteiger partial charge is 0.127 e. The Bertz CT molecular complexity index is 451. The molecule has 0 aliphatic heterocycles. The zero-order chi connectivity index (χ0) is 11.4. The molecule has 0 saturated carbocycles. The van der Waals surface area contributed by atoms with E-state index in [1.807, 2.05) is 18.2 Å². The van der Waals surface area contributed by atoms with Gasteiger partial charge in [-0.2, -0.15) is 0 Å².